The normalized spacial score (nSPS) is 11.0. The van der Waals surface area contributed by atoms with Crippen molar-refractivity contribution in [1.82, 2.24) is 14.5 Å². The number of nitrogens with one attached hydrogen (secondary N) is 1. The third kappa shape index (κ3) is 3.77. The van der Waals surface area contributed by atoms with Crippen molar-refractivity contribution < 1.29 is 9.53 Å². The van der Waals surface area contributed by atoms with Gasteiger partial charge in [0.05, 0.1) is 34.8 Å². The second-order valence-electron chi connectivity index (χ2n) is 5.49. The van der Waals surface area contributed by atoms with Crippen LogP contribution in [0, 0.1) is 6.92 Å². The van der Waals surface area contributed by atoms with Crippen LogP contribution in [-0.4, -0.2) is 33.7 Å². The zero-order valence-electron chi connectivity index (χ0n) is 14.3. The minimum Gasteiger partial charge on any atom is -0.380 e. The van der Waals surface area contributed by atoms with Crippen LogP contribution >= 0.6 is 22.9 Å². The highest BCUT2D eigenvalue weighted by molar-refractivity contribution is 7.20. The molecule has 0 aliphatic heterocycles. The summed E-state index contributed by atoms with van der Waals surface area (Å²) in [6.07, 6.45) is 2.94. The number of carbonyl (C=O) groups excluding carboxylic acids is 1. The van der Waals surface area contributed by atoms with Gasteiger partial charge in [-0.05, 0) is 31.5 Å². The van der Waals surface area contributed by atoms with Crippen LogP contribution in [0.25, 0.3) is 10.2 Å². The van der Waals surface area contributed by atoms with E-state index in [9.17, 15) is 9.59 Å². The Morgan fingerprint density at radius 1 is 1.38 bits per heavy atom. The van der Waals surface area contributed by atoms with Crippen LogP contribution in [0.4, 0.5) is 5.82 Å². The van der Waals surface area contributed by atoms with Gasteiger partial charge in [0.15, 0.2) is 0 Å². The number of anilines is 1. The number of aryl methyl sites for hydroxylation is 1. The number of pyridine rings is 1. The molecule has 3 aromatic heterocycles. The summed E-state index contributed by atoms with van der Waals surface area (Å²) in [5.41, 5.74) is 0.437. The molecule has 7 nitrogen and oxygen atoms in total. The first-order valence-corrected chi connectivity index (χ1v) is 9.20. The summed E-state index contributed by atoms with van der Waals surface area (Å²) in [6, 6.07) is 3.25. The fourth-order valence-corrected chi connectivity index (χ4v) is 3.61. The van der Waals surface area contributed by atoms with Crippen LogP contribution in [0.3, 0.4) is 0 Å². The zero-order chi connectivity index (χ0) is 18.7. The number of hydrogen-bond acceptors (Lipinski definition) is 6. The quantitative estimate of drug-likeness (QED) is 0.651. The molecule has 0 spiro atoms. The Bertz CT molecular complexity index is 998. The number of thiophene rings is 1. The molecule has 0 aliphatic rings. The van der Waals surface area contributed by atoms with Gasteiger partial charge in [-0.25, -0.2) is 9.97 Å². The van der Waals surface area contributed by atoms with E-state index in [0.29, 0.717) is 51.3 Å². The average molecular weight is 393 g/mol. The summed E-state index contributed by atoms with van der Waals surface area (Å²) in [6.45, 7) is 5.08. The smallest absolute Gasteiger partial charge is 0.267 e. The van der Waals surface area contributed by atoms with E-state index in [0.717, 1.165) is 0 Å². The monoisotopic (exact) mass is 392 g/mol. The third-order valence-corrected chi connectivity index (χ3v) is 5.20. The fourth-order valence-electron chi connectivity index (χ4n) is 2.47. The van der Waals surface area contributed by atoms with E-state index in [4.69, 9.17) is 16.3 Å². The van der Waals surface area contributed by atoms with Crippen LogP contribution in [-0.2, 0) is 11.3 Å². The van der Waals surface area contributed by atoms with E-state index in [2.05, 4.69) is 15.3 Å². The zero-order valence-corrected chi connectivity index (χ0v) is 15.9. The predicted molar refractivity (Wildman–Crippen MR) is 102 cm³/mol. The lowest BCUT2D eigenvalue weighted by molar-refractivity contribution is 0.102. The van der Waals surface area contributed by atoms with Gasteiger partial charge < -0.3 is 10.1 Å². The fraction of sp³-hybridized carbons (Fsp3) is 0.294. The van der Waals surface area contributed by atoms with Crippen LogP contribution in [0.5, 0.6) is 0 Å². The van der Waals surface area contributed by atoms with Crippen LogP contribution in [0.15, 0.2) is 29.5 Å². The molecule has 0 aliphatic carbocycles. The molecule has 136 valence electrons. The van der Waals surface area contributed by atoms with Crippen LogP contribution < -0.4 is 10.9 Å². The molecule has 0 fully saturated rings. The maximum atomic E-state index is 12.7. The Morgan fingerprint density at radius 2 is 2.19 bits per heavy atom. The van der Waals surface area contributed by atoms with Crippen LogP contribution in [0.1, 0.15) is 22.2 Å². The number of hydrogen-bond donors (Lipinski definition) is 1. The number of carbonyl (C=O) groups is 1. The summed E-state index contributed by atoms with van der Waals surface area (Å²) < 4.78 is 6.79. The molecule has 3 aromatic rings. The van der Waals surface area contributed by atoms with Gasteiger partial charge in [0.25, 0.3) is 11.5 Å². The third-order valence-electron chi connectivity index (χ3n) is 3.77. The molecule has 0 unspecified atom stereocenters. The molecule has 26 heavy (non-hydrogen) atoms. The van der Waals surface area contributed by atoms with Gasteiger partial charge in [-0.3, -0.25) is 14.2 Å². The lowest BCUT2D eigenvalue weighted by Crippen LogP contribution is -2.23. The lowest BCUT2D eigenvalue weighted by atomic mass is 10.2. The highest BCUT2D eigenvalue weighted by atomic mass is 35.5. The Morgan fingerprint density at radius 3 is 2.88 bits per heavy atom. The predicted octanol–water partition coefficient (Wildman–Crippen LogP) is 3.10. The van der Waals surface area contributed by atoms with E-state index in [1.54, 1.807) is 19.1 Å². The molecule has 0 saturated carbocycles. The van der Waals surface area contributed by atoms with Gasteiger partial charge in [-0.2, -0.15) is 0 Å². The van der Waals surface area contributed by atoms with E-state index in [-0.39, 0.29) is 11.5 Å². The Balaban J connectivity index is 1.90. The minimum atomic E-state index is -0.333. The summed E-state index contributed by atoms with van der Waals surface area (Å²) in [5.74, 6) is 0.0546. The van der Waals surface area contributed by atoms with Crippen molar-refractivity contribution in [2.45, 2.75) is 20.4 Å². The summed E-state index contributed by atoms with van der Waals surface area (Å²) >= 11 is 6.98. The molecule has 0 saturated heterocycles. The van der Waals surface area contributed by atoms with Gasteiger partial charge >= 0.3 is 0 Å². The van der Waals surface area contributed by atoms with Gasteiger partial charge in [-0.15, -0.1) is 11.3 Å². The Kier molecular flexibility index (Phi) is 5.65. The molecule has 0 atom stereocenters. The number of rotatable bonds is 6. The number of halogens is 1. The van der Waals surface area contributed by atoms with Crippen molar-refractivity contribution in [3.05, 3.63) is 50.5 Å². The van der Waals surface area contributed by atoms with Crippen molar-refractivity contribution in [3.63, 3.8) is 0 Å². The summed E-state index contributed by atoms with van der Waals surface area (Å²) in [7, 11) is 0. The van der Waals surface area contributed by atoms with Gasteiger partial charge in [-0.1, -0.05) is 11.6 Å². The summed E-state index contributed by atoms with van der Waals surface area (Å²) in [4.78, 5) is 34.6. The Hall–Kier alpha value is -2.29. The highest BCUT2D eigenvalue weighted by Gasteiger charge is 2.19. The molecule has 1 amide bonds. The lowest BCUT2D eigenvalue weighted by Gasteiger charge is -2.05. The topological polar surface area (TPSA) is 86.1 Å². The largest absolute Gasteiger partial charge is 0.380 e. The van der Waals surface area contributed by atoms with Crippen molar-refractivity contribution >= 4 is 44.9 Å². The van der Waals surface area contributed by atoms with Crippen molar-refractivity contribution in [2.24, 2.45) is 0 Å². The molecule has 1 N–H and O–H groups in total. The van der Waals surface area contributed by atoms with Gasteiger partial charge in [0.2, 0.25) is 0 Å². The van der Waals surface area contributed by atoms with Crippen molar-refractivity contribution in [3.8, 4) is 0 Å². The van der Waals surface area contributed by atoms with E-state index >= 15 is 0 Å². The first-order valence-electron chi connectivity index (χ1n) is 8.00. The first-order chi connectivity index (χ1) is 12.5. The molecule has 0 aromatic carbocycles. The molecular weight excluding hydrogens is 376 g/mol. The molecular formula is C17H17ClN4O3S. The second kappa shape index (κ2) is 7.94. The highest BCUT2D eigenvalue weighted by Crippen LogP contribution is 2.27. The second-order valence-corrected chi connectivity index (χ2v) is 6.93. The molecule has 0 bridgehead atoms. The molecule has 3 heterocycles. The maximum absolute atomic E-state index is 12.7. The molecule has 9 heteroatoms. The average Bonchev–Trinajstić information content (AvgIpc) is 2.97. The van der Waals surface area contributed by atoms with Gasteiger partial charge in [0, 0.05) is 12.8 Å². The van der Waals surface area contributed by atoms with E-state index < -0.39 is 0 Å². The van der Waals surface area contributed by atoms with Crippen molar-refractivity contribution in [1.29, 1.82) is 0 Å². The number of fused-ring (bicyclic) bond motifs is 1. The minimum absolute atomic E-state index is 0.174. The number of aromatic nitrogens is 3. The van der Waals surface area contributed by atoms with Crippen LogP contribution in [0.2, 0.25) is 5.02 Å². The molecule has 3 rings (SSSR count). The van der Waals surface area contributed by atoms with E-state index in [1.807, 2.05) is 6.92 Å². The number of ether oxygens (including phenoxy) is 1. The van der Waals surface area contributed by atoms with Crippen molar-refractivity contribution in [2.75, 3.05) is 18.5 Å². The maximum Gasteiger partial charge on any atom is 0.267 e. The first kappa shape index (κ1) is 18.5. The van der Waals surface area contributed by atoms with E-state index in [1.165, 1.54) is 28.4 Å². The summed E-state index contributed by atoms with van der Waals surface area (Å²) in [5, 5.41) is 3.65. The van der Waals surface area contributed by atoms with Gasteiger partial charge in [0.1, 0.15) is 10.6 Å². The number of amides is 1. The standard InChI is InChI=1S/C17H17ClN4O3S/c1-3-25-7-6-22-9-20-16-13(17(22)24)10(2)14(26-16)15(23)21-12-5-4-11(18)8-19-12/h4-5,8-9H,3,6-7H2,1-2H3,(H,19,21,23). The number of nitrogens with zero attached hydrogens (tertiary/aromatic N) is 3. The Labute approximate surface area is 158 Å². The molecule has 0 radical (unpaired) electrons. The SMILES string of the molecule is CCOCCn1cnc2sc(C(=O)Nc3ccc(Cl)cn3)c(C)c2c1=O.